The average Bonchev–Trinajstić information content (AvgIpc) is 3.65. The molecule has 0 aromatic carbocycles. The highest BCUT2D eigenvalue weighted by Gasteiger charge is 2.44. The quantitative estimate of drug-likeness (QED) is 0.0603. The minimum Gasteiger partial charge on any atom is -0.503 e. The van der Waals surface area contributed by atoms with Crippen molar-refractivity contribution < 1.29 is 56.9 Å². The van der Waals surface area contributed by atoms with Gasteiger partial charge >= 0.3 is 34.0 Å². The SMILES string of the molecule is C[C@H](O)Cn1c(-c2cc(=O)c(O)c[nH]2)nn(S(=O)(=O)NC(=O)N2C[C@H](NC(=O)C(=NOC(C)(C)C(=O)OC(C)(C)C)c3csc(NC(=O)OC(C)(C)C)n3)C2=O)c1=O. The molecular weight excluding hydrogens is 813 g/mol. The maximum absolute atomic E-state index is 13.6. The van der Waals surface area contributed by atoms with Crippen molar-refractivity contribution in [1.29, 1.82) is 0 Å². The number of imide groups is 1. The number of β-lactam (4-membered cyclic amide) rings is 1. The van der Waals surface area contributed by atoms with Crippen LogP contribution in [0.4, 0.5) is 14.7 Å². The number of aromatic amines is 1. The van der Waals surface area contributed by atoms with Crippen LogP contribution in [0.5, 0.6) is 5.75 Å². The van der Waals surface area contributed by atoms with E-state index in [0.29, 0.717) is 9.47 Å². The number of rotatable bonds is 12. The number of carbonyl (C=O) groups excluding carboxylic acids is 5. The summed E-state index contributed by atoms with van der Waals surface area (Å²) in [6.45, 7) is 12.6. The molecule has 1 aliphatic heterocycles. The van der Waals surface area contributed by atoms with Gasteiger partial charge in [0.2, 0.25) is 11.0 Å². The number of pyridine rings is 1. The zero-order valence-electron chi connectivity index (χ0n) is 32.6. The van der Waals surface area contributed by atoms with Crippen LogP contribution < -0.4 is 26.5 Å². The summed E-state index contributed by atoms with van der Waals surface area (Å²) in [4.78, 5) is 102. The number of aliphatic hydroxyl groups excluding tert-OH is 1. The lowest BCUT2D eigenvalue weighted by atomic mass is 10.1. The number of oxime groups is 1. The molecule has 3 aromatic heterocycles. The maximum atomic E-state index is 13.6. The number of urea groups is 1. The van der Waals surface area contributed by atoms with Crippen molar-refractivity contribution in [3.63, 3.8) is 0 Å². The van der Waals surface area contributed by atoms with E-state index >= 15 is 0 Å². The minimum atomic E-state index is -5.20. The van der Waals surface area contributed by atoms with Crippen LogP contribution in [0.15, 0.2) is 32.4 Å². The first kappa shape index (κ1) is 44.6. The van der Waals surface area contributed by atoms with Crippen LogP contribution in [0.25, 0.3) is 11.5 Å². The number of H-pyrrole nitrogens is 1. The summed E-state index contributed by atoms with van der Waals surface area (Å²) in [6, 6.07) is -2.16. The molecule has 0 bridgehead atoms. The van der Waals surface area contributed by atoms with Crippen LogP contribution in [0, 0.1) is 0 Å². The van der Waals surface area contributed by atoms with Gasteiger partial charge in [-0.25, -0.2) is 28.9 Å². The molecule has 1 fully saturated rings. The molecule has 24 nitrogen and oxygen atoms in total. The second-order valence-electron chi connectivity index (χ2n) is 15.1. The minimum absolute atomic E-state index is 0.0294. The summed E-state index contributed by atoms with van der Waals surface area (Å²) in [5.74, 6) is -4.20. The number of hydrogen-bond acceptors (Lipinski definition) is 18. The highest BCUT2D eigenvalue weighted by Crippen LogP contribution is 2.22. The van der Waals surface area contributed by atoms with Gasteiger partial charge in [0.15, 0.2) is 22.4 Å². The van der Waals surface area contributed by atoms with Crippen LogP contribution in [0.1, 0.15) is 68.0 Å². The summed E-state index contributed by atoms with van der Waals surface area (Å²) >= 11 is 0.865. The Hall–Kier alpha value is -6.15. The second-order valence-corrected chi connectivity index (χ2v) is 17.5. The Kier molecular flexibility index (Phi) is 12.6. The standard InChI is InChI=1S/C32H42N10O14S2/c1-15(43)12-40-22(16-10-19(44)20(45)11-33-16)37-42(29(40)51)58(52,53)39-27(49)41-13-17(24(41)47)34-23(46)21(38-56-32(8,9)25(48)54-30(2,3)4)18-14-57-26(35-18)36-28(50)55-31(5,6)7/h10-11,14-15,17,43,45H,12-13H2,1-9H3,(H,33,44)(H,34,46)(H,39,49)(H,35,36,50)/t15-,17-/m0/s1. The monoisotopic (exact) mass is 854 g/mol. The van der Waals surface area contributed by atoms with E-state index < -0.39 is 111 Å². The summed E-state index contributed by atoms with van der Waals surface area (Å²) in [7, 11) is -5.20. The molecule has 1 aliphatic rings. The Morgan fingerprint density at radius 1 is 1.07 bits per heavy atom. The molecule has 0 unspecified atom stereocenters. The van der Waals surface area contributed by atoms with Crippen LogP contribution in [0.3, 0.4) is 0 Å². The zero-order valence-corrected chi connectivity index (χ0v) is 34.2. The van der Waals surface area contributed by atoms with Gasteiger partial charge in [-0.3, -0.25) is 29.2 Å². The van der Waals surface area contributed by atoms with Gasteiger partial charge in [0, 0.05) is 17.6 Å². The number of nitrogens with zero attached hydrogens (tertiary/aromatic N) is 6. The van der Waals surface area contributed by atoms with Gasteiger partial charge in [0.25, 0.3) is 11.8 Å². The first-order valence-electron chi connectivity index (χ1n) is 17.0. The fraction of sp³-hybridized carbons (Fsp3) is 0.500. The van der Waals surface area contributed by atoms with E-state index in [-0.39, 0.29) is 20.6 Å². The Morgan fingerprint density at radius 3 is 2.28 bits per heavy atom. The highest BCUT2D eigenvalue weighted by molar-refractivity contribution is 7.88. The number of aliphatic hydroxyl groups is 1. The van der Waals surface area contributed by atoms with E-state index in [9.17, 15) is 52.2 Å². The van der Waals surface area contributed by atoms with Crippen LogP contribution in [0.2, 0.25) is 0 Å². The lowest BCUT2D eigenvalue weighted by Gasteiger charge is -2.36. The van der Waals surface area contributed by atoms with Crippen molar-refractivity contribution in [2.24, 2.45) is 5.16 Å². The fourth-order valence-corrected chi connectivity index (χ4v) is 6.13. The second kappa shape index (κ2) is 16.4. The van der Waals surface area contributed by atoms with E-state index in [4.69, 9.17) is 14.3 Å². The molecule has 2 atom stereocenters. The largest absolute Gasteiger partial charge is 0.503 e. The van der Waals surface area contributed by atoms with Gasteiger partial charge in [-0.15, -0.1) is 16.4 Å². The van der Waals surface area contributed by atoms with E-state index in [1.165, 1.54) is 30.9 Å². The molecule has 4 rings (SSSR count). The number of amides is 5. The van der Waals surface area contributed by atoms with E-state index in [1.807, 2.05) is 0 Å². The predicted octanol–water partition coefficient (Wildman–Crippen LogP) is -0.0393. The molecular formula is C32H42N10O14S2. The number of likely N-dealkylation sites (tertiary alicyclic amines) is 1. The third kappa shape index (κ3) is 10.8. The lowest BCUT2D eigenvalue weighted by Crippen LogP contribution is -2.68. The maximum Gasteiger partial charge on any atom is 0.413 e. The zero-order chi connectivity index (χ0) is 43.7. The molecule has 4 heterocycles. The molecule has 26 heteroatoms. The molecule has 0 aliphatic carbocycles. The number of aromatic nitrogens is 5. The smallest absolute Gasteiger partial charge is 0.413 e. The summed E-state index contributed by atoms with van der Waals surface area (Å²) < 4.78 is 39.1. The van der Waals surface area contributed by atoms with Gasteiger partial charge in [-0.05, 0) is 62.3 Å². The number of anilines is 1. The third-order valence-corrected chi connectivity index (χ3v) is 9.05. The summed E-state index contributed by atoms with van der Waals surface area (Å²) in [5.41, 5.74) is -6.78. The van der Waals surface area contributed by atoms with Gasteiger partial charge in [0.1, 0.15) is 22.9 Å². The number of ether oxygens (including phenoxy) is 2. The first-order valence-corrected chi connectivity index (χ1v) is 19.4. The van der Waals surface area contributed by atoms with Crippen LogP contribution in [-0.4, -0.2) is 118 Å². The predicted molar refractivity (Wildman–Crippen MR) is 202 cm³/mol. The Labute approximate surface area is 333 Å². The average molecular weight is 855 g/mol. The number of aromatic hydroxyl groups is 1. The van der Waals surface area contributed by atoms with Crippen molar-refractivity contribution in [2.75, 3.05) is 11.9 Å². The van der Waals surface area contributed by atoms with Gasteiger partial charge in [-0.1, -0.05) is 9.24 Å². The molecule has 58 heavy (non-hydrogen) atoms. The van der Waals surface area contributed by atoms with Crippen LogP contribution in [-0.2, 0) is 45.4 Å². The van der Waals surface area contributed by atoms with E-state index in [2.05, 4.69) is 30.9 Å². The molecule has 5 amide bonds. The normalized spacial score (nSPS) is 15.6. The molecule has 6 N–H and O–H groups in total. The van der Waals surface area contributed by atoms with Crippen molar-refractivity contribution in [3.05, 3.63) is 44.0 Å². The van der Waals surface area contributed by atoms with Crippen LogP contribution >= 0.6 is 11.3 Å². The Balaban J connectivity index is 1.53. The fourth-order valence-electron chi connectivity index (χ4n) is 4.54. The molecule has 1 saturated heterocycles. The Morgan fingerprint density at radius 2 is 1.71 bits per heavy atom. The van der Waals surface area contributed by atoms with Crippen molar-refractivity contribution >= 4 is 62.3 Å². The number of nitrogens with one attached hydrogen (secondary N) is 4. The highest BCUT2D eigenvalue weighted by atomic mass is 32.2. The van der Waals surface area contributed by atoms with Gasteiger partial charge < -0.3 is 34.8 Å². The van der Waals surface area contributed by atoms with Crippen molar-refractivity contribution in [2.45, 2.75) is 97.8 Å². The van der Waals surface area contributed by atoms with Gasteiger partial charge in [-0.2, -0.15) is 8.42 Å². The van der Waals surface area contributed by atoms with Gasteiger partial charge in [0.05, 0.1) is 24.9 Å². The lowest BCUT2D eigenvalue weighted by molar-refractivity contribution is -0.179. The number of thiazole rings is 1. The number of carbonyl (C=O) groups is 5. The molecule has 3 aromatic rings. The topological polar surface area (TPSA) is 325 Å². The van der Waals surface area contributed by atoms with E-state index in [1.54, 1.807) is 41.5 Å². The number of hydrogen-bond donors (Lipinski definition) is 6. The molecule has 0 spiro atoms. The molecule has 0 saturated carbocycles. The molecule has 316 valence electrons. The van der Waals surface area contributed by atoms with E-state index in [0.717, 1.165) is 23.6 Å². The first-order chi connectivity index (χ1) is 26.6. The summed E-state index contributed by atoms with van der Waals surface area (Å²) in [5, 5.41) is 33.0. The third-order valence-electron chi connectivity index (χ3n) is 7.16. The molecule has 0 radical (unpaired) electrons. The van der Waals surface area contributed by atoms with Crippen molar-refractivity contribution in [1.82, 2.24) is 38.7 Å². The Bertz CT molecular complexity index is 2380. The van der Waals surface area contributed by atoms with Crippen molar-refractivity contribution in [3.8, 4) is 17.3 Å². The summed E-state index contributed by atoms with van der Waals surface area (Å²) in [6.07, 6.45) is -1.22. The number of esters is 1.